The fourth-order valence-corrected chi connectivity index (χ4v) is 9.94. The third-order valence-electron chi connectivity index (χ3n) is 14.2. The molecule has 0 aromatic heterocycles. The minimum atomic E-state index is -4.45. The number of carbonyl (C=O) groups is 2. The largest absolute Gasteiger partial charge is 0.472 e. The molecule has 448 valence electrons. The van der Waals surface area contributed by atoms with E-state index in [2.05, 4.69) is 86.8 Å². The maximum Gasteiger partial charge on any atom is 0.472 e. The minimum absolute atomic E-state index is 0.0367. The molecule has 0 heterocycles. The highest BCUT2D eigenvalue weighted by Gasteiger charge is 2.30. The summed E-state index contributed by atoms with van der Waals surface area (Å²) in [6.07, 6.45) is 73.3. The second kappa shape index (κ2) is 56.7. The van der Waals surface area contributed by atoms with Gasteiger partial charge in [0.05, 0.1) is 33.8 Å². The number of allylic oxidation sites excluding steroid dienone is 11. The van der Waals surface area contributed by atoms with Crippen LogP contribution in [0.15, 0.2) is 72.9 Å². The molecule has 0 aromatic carbocycles. The molecule has 0 aliphatic carbocycles. The van der Waals surface area contributed by atoms with Crippen LogP contribution in [-0.2, 0) is 27.9 Å². The number of quaternary nitrogens is 1. The molecule has 0 radical (unpaired) electrons. The standard InChI is InChI=1S/C67H123N2O7P/c1-7-10-13-16-19-22-25-27-29-31-32-33-34-35-36-38-39-41-44-47-50-53-56-59-66(70)68-64(63-75-77(72,73)74-62-61-69(4,5)6)65(58-55-52-49-46-43-24-21-18-15-12-9-3)76-67(71)60-57-54-51-48-45-42-40-37-30-28-26-23-20-17-14-11-8-2/h10,13,19,22,27,29,32-33,35-36,55,58,64-65H,7-9,11-12,14-18,20-21,23-26,28,30-31,34,37-54,56-57,59-63H2,1-6H3,(H-,68,70,72,73)/p+1/b13-10-,22-19-,29-27-,33-32-,36-35-,58-55-. The highest BCUT2D eigenvalue weighted by atomic mass is 31.2. The van der Waals surface area contributed by atoms with E-state index in [1.54, 1.807) is 0 Å². The number of phosphoric acid groups is 1. The van der Waals surface area contributed by atoms with E-state index in [-0.39, 0.29) is 25.1 Å². The van der Waals surface area contributed by atoms with E-state index in [4.69, 9.17) is 13.8 Å². The first-order valence-corrected chi connectivity index (χ1v) is 33.8. The first kappa shape index (κ1) is 74.5. The number of unbranched alkanes of at least 4 members (excludes halogenated alkanes) is 32. The van der Waals surface area contributed by atoms with E-state index in [1.165, 1.54) is 154 Å². The van der Waals surface area contributed by atoms with Gasteiger partial charge in [0, 0.05) is 12.8 Å². The lowest BCUT2D eigenvalue weighted by Gasteiger charge is -2.27. The van der Waals surface area contributed by atoms with Crippen molar-refractivity contribution in [1.82, 2.24) is 5.32 Å². The molecule has 0 aromatic rings. The van der Waals surface area contributed by atoms with Gasteiger partial charge in [-0.15, -0.1) is 0 Å². The van der Waals surface area contributed by atoms with Crippen LogP contribution in [0.1, 0.15) is 290 Å². The van der Waals surface area contributed by atoms with E-state index in [1.807, 2.05) is 33.3 Å². The zero-order valence-corrected chi connectivity index (χ0v) is 52.1. The summed E-state index contributed by atoms with van der Waals surface area (Å²) in [6, 6.07) is -0.855. The van der Waals surface area contributed by atoms with Crippen molar-refractivity contribution in [3.8, 4) is 0 Å². The lowest BCUT2D eigenvalue weighted by atomic mass is 10.0. The fraction of sp³-hybridized carbons (Fsp3) is 0.791. The Morgan fingerprint density at radius 1 is 0.468 bits per heavy atom. The molecule has 0 aliphatic heterocycles. The van der Waals surface area contributed by atoms with Crippen molar-refractivity contribution in [2.75, 3.05) is 40.9 Å². The molecule has 77 heavy (non-hydrogen) atoms. The number of phosphoric ester groups is 1. The molecule has 0 aliphatic rings. The summed E-state index contributed by atoms with van der Waals surface area (Å²) in [5.41, 5.74) is 0. The molecule has 1 amide bonds. The van der Waals surface area contributed by atoms with Crippen LogP contribution in [0, 0.1) is 0 Å². The van der Waals surface area contributed by atoms with E-state index < -0.39 is 20.0 Å². The van der Waals surface area contributed by atoms with Gasteiger partial charge < -0.3 is 19.4 Å². The monoisotopic (exact) mass is 1100 g/mol. The molecule has 3 unspecified atom stereocenters. The summed E-state index contributed by atoms with van der Waals surface area (Å²) >= 11 is 0. The number of hydrogen-bond donors (Lipinski definition) is 2. The fourth-order valence-electron chi connectivity index (χ4n) is 9.20. The zero-order chi connectivity index (χ0) is 56.4. The molecule has 2 N–H and O–H groups in total. The molecule has 3 atom stereocenters. The molecule has 0 spiro atoms. The molecule has 9 nitrogen and oxygen atoms in total. The molecule has 10 heteroatoms. The van der Waals surface area contributed by atoms with Crippen molar-refractivity contribution < 1.29 is 37.3 Å². The van der Waals surface area contributed by atoms with Crippen LogP contribution in [0.3, 0.4) is 0 Å². The molecule has 0 saturated carbocycles. The van der Waals surface area contributed by atoms with Gasteiger partial charge in [0.2, 0.25) is 5.91 Å². The van der Waals surface area contributed by atoms with Gasteiger partial charge in [0.15, 0.2) is 0 Å². The maximum absolute atomic E-state index is 13.6. The van der Waals surface area contributed by atoms with Gasteiger partial charge in [-0.05, 0) is 76.7 Å². The Hall–Kier alpha value is -2.55. The Balaban J connectivity index is 5.17. The number of nitrogens with zero attached hydrogens (tertiary/aromatic N) is 1. The van der Waals surface area contributed by atoms with Crippen LogP contribution in [0.25, 0.3) is 0 Å². The lowest BCUT2D eigenvalue weighted by molar-refractivity contribution is -0.870. The second-order valence-electron chi connectivity index (χ2n) is 22.9. The number of carbonyl (C=O) groups excluding carboxylic acids is 2. The van der Waals surface area contributed by atoms with Crippen LogP contribution in [0.2, 0.25) is 0 Å². The smallest absolute Gasteiger partial charge is 0.456 e. The van der Waals surface area contributed by atoms with Crippen molar-refractivity contribution in [1.29, 1.82) is 0 Å². The topological polar surface area (TPSA) is 111 Å². The SMILES string of the molecule is CC/C=C\C/C=C\C/C=C\C/C=C\C/C=C\CCCCCCCCCC(=O)NC(COP(=O)(O)OCC[N+](C)(C)C)C(/C=C\CCCCCCCCCCC)OC(=O)CCCCCCCCCCCCCCCCCCC. The van der Waals surface area contributed by atoms with E-state index in [0.717, 1.165) is 103 Å². The van der Waals surface area contributed by atoms with Crippen LogP contribution < -0.4 is 5.32 Å². The van der Waals surface area contributed by atoms with E-state index in [9.17, 15) is 19.0 Å². The van der Waals surface area contributed by atoms with Crippen LogP contribution in [-0.4, -0.2) is 74.3 Å². The number of esters is 1. The van der Waals surface area contributed by atoms with Gasteiger partial charge in [-0.1, -0.05) is 274 Å². The normalized spacial score (nSPS) is 14.1. The van der Waals surface area contributed by atoms with E-state index in [0.29, 0.717) is 23.9 Å². The predicted molar refractivity (Wildman–Crippen MR) is 332 cm³/mol. The Kier molecular flexibility index (Phi) is 54.8. The molecular formula is C67H124N2O7P+. The molecule has 0 bridgehead atoms. The van der Waals surface area contributed by atoms with Crippen molar-refractivity contribution in [2.45, 2.75) is 303 Å². The van der Waals surface area contributed by atoms with Crippen LogP contribution >= 0.6 is 7.82 Å². The maximum atomic E-state index is 13.6. The Morgan fingerprint density at radius 2 is 0.831 bits per heavy atom. The molecule has 0 rings (SSSR count). The van der Waals surface area contributed by atoms with Gasteiger partial charge in [0.1, 0.15) is 19.3 Å². The summed E-state index contributed by atoms with van der Waals surface area (Å²) in [5.74, 6) is -0.511. The number of hydrogen-bond acceptors (Lipinski definition) is 6. The Bertz CT molecular complexity index is 1550. The van der Waals surface area contributed by atoms with Crippen molar-refractivity contribution in [3.05, 3.63) is 72.9 Å². The minimum Gasteiger partial charge on any atom is -0.456 e. The van der Waals surface area contributed by atoms with Gasteiger partial charge in [-0.3, -0.25) is 18.6 Å². The van der Waals surface area contributed by atoms with Crippen molar-refractivity contribution in [3.63, 3.8) is 0 Å². The summed E-state index contributed by atoms with van der Waals surface area (Å²) in [4.78, 5) is 37.7. The molecule has 0 fully saturated rings. The van der Waals surface area contributed by atoms with Gasteiger partial charge in [-0.2, -0.15) is 0 Å². The van der Waals surface area contributed by atoms with Crippen molar-refractivity contribution >= 4 is 19.7 Å². The summed E-state index contributed by atoms with van der Waals surface area (Å²) in [5, 5.41) is 3.06. The number of amides is 1. The Morgan fingerprint density at radius 3 is 1.25 bits per heavy atom. The molecular weight excluding hydrogens is 976 g/mol. The predicted octanol–water partition coefficient (Wildman–Crippen LogP) is 20.0. The quantitative estimate of drug-likeness (QED) is 0.0205. The van der Waals surface area contributed by atoms with Crippen LogP contribution in [0.5, 0.6) is 0 Å². The number of nitrogens with one attached hydrogen (secondary N) is 1. The summed E-state index contributed by atoms with van der Waals surface area (Å²) in [6.45, 7) is 6.91. The highest BCUT2D eigenvalue weighted by molar-refractivity contribution is 7.47. The van der Waals surface area contributed by atoms with Gasteiger partial charge in [-0.25, -0.2) is 4.57 Å². The van der Waals surface area contributed by atoms with E-state index >= 15 is 0 Å². The number of rotatable bonds is 58. The first-order chi connectivity index (χ1) is 37.4. The number of ether oxygens (including phenoxy) is 1. The van der Waals surface area contributed by atoms with Gasteiger partial charge >= 0.3 is 13.8 Å². The third-order valence-corrected chi connectivity index (χ3v) is 15.1. The van der Waals surface area contributed by atoms with Crippen LogP contribution in [0.4, 0.5) is 0 Å². The lowest BCUT2D eigenvalue weighted by Crippen LogP contribution is -2.47. The third kappa shape index (κ3) is 57.9. The second-order valence-corrected chi connectivity index (χ2v) is 24.4. The average molecular weight is 1100 g/mol. The molecule has 0 saturated heterocycles. The average Bonchev–Trinajstić information content (AvgIpc) is 3.39. The number of likely N-dealkylation sites (N-methyl/N-ethyl adjacent to an activating group) is 1. The summed E-state index contributed by atoms with van der Waals surface area (Å²) < 4.78 is 30.7. The van der Waals surface area contributed by atoms with Gasteiger partial charge in [0.25, 0.3) is 0 Å². The Labute approximate surface area is 476 Å². The highest BCUT2D eigenvalue weighted by Crippen LogP contribution is 2.43. The van der Waals surface area contributed by atoms with Crippen molar-refractivity contribution in [2.24, 2.45) is 0 Å². The first-order valence-electron chi connectivity index (χ1n) is 32.3. The summed E-state index contributed by atoms with van der Waals surface area (Å²) in [7, 11) is 1.49. The zero-order valence-electron chi connectivity index (χ0n) is 51.2.